The van der Waals surface area contributed by atoms with Crippen molar-refractivity contribution in [3.63, 3.8) is 0 Å². The molecule has 0 aliphatic carbocycles. The normalized spacial score (nSPS) is 11.2. The highest BCUT2D eigenvalue weighted by molar-refractivity contribution is 6.32. The number of aliphatic hydroxyl groups excluding tert-OH is 1. The summed E-state index contributed by atoms with van der Waals surface area (Å²) in [5.41, 5.74) is -0.0389. The zero-order valence-electron chi connectivity index (χ0n) is 12.0. The summed E-state index contributed by atoms with van der Waals surface area (Å²) in [6, 6.07) is 7.05. The molecule has 0 spiro atoms. The Morgan fingerprint density at radius 1 is 1.40 bits per heavy atom. The Labute approximate surface area is 125 Å². The first-order chi connectivity index (χ1) is 9.44. The van der Waals surface area contributed by atoms with Crippen LogP contribution in [0.3, 0.4) is 0 Å². The maximum Gasteiger partial charge on any atom is 0.257 e. The Balaban J connectivity index is 2.32. The van der Waals surface area contributed by atoms with E-state index in [2.05, 4.69) is 19.2 Å². The molecule has 0 heterocycles. The molecular formula is C15H22ClNO3. The summed E-state index contributed by atoms with van der Waals surface area (Å²) < 4.78 is 5.36. The zero-order chi connectivity index (χ0) is 15.0. The summed E-state index contributed by atoms with van der Waals surface area (Å²) in [7, 11) is 0. The van der Waals surface area contributed by atoms with Gasteiger partial charge in [0.05, 0.1) is 5.02 Å². The molecule has 0 saturated heterocycles. The van der Waals surface area contributed by atoms with Crippen LogP contribution in [0.15, 0.2) is 24.3 Å². The van der Waals surface area contributed by atoms with Crippen LogP contribution in [0.25, 0.3) is 0 Å². The Morgan fingerprint density at radius 2 is 2.10 bits per heavy atom. The number of amides is 1. The van der Waals surface area contributed by atoms with Crippen LogP contribution in [0.4, 0.5) is 0 Å². The van der Waals surface area contributed by atoms with Crippen LogP contribution in [0, 0.1) is 5.41 Å². The van der Waals surface area contributed by atoms with Gasteiger partial charge in [-0.1, -0.05) is 37.6 Å². The molecule has 4 nitrogen and oxygen atoms in total. The third-order valence-electron chi connectivity index (χ3n) is 2.97. The van der Waals surface area contributed by atoms with E-state index < -0.39 is 0 Å². The number of benzene rings is 1. The van der Waals surface area contributed by atoms with Gasteiger partial charge in [0.2, 0.25) is 0 Å². The lowest BCUT2D eigenvalue weighted by atomic mass is 9.88. The van der Waals surface area contributed by atoms with Gasteiger partial charge in [-0.2, -0.15) is 0 Å². The highest BCUT2D eigenvalue weighted by Crippen LogP contribution is 2.23. The van der Waals surface area contributed by atoms with E-state index in [9.17, 15) is 4.79 Å². The van der Waals surface area contributed by atoms with Crippen molar-refractivity contribution >= 4 is 17.5 Å². The Kier molecular flexibility index (Phi) is 6.82. The monoisotopic (exact) mass is 299 g/mol. The molecule has 2 N–H and O–H groups in total. The van der Waals surface area contributed by atoms with Gasteiger partial charge in [0.25, 0.3) is 5.91 Å². The predicted molar refractivity (Wildman–Crippen MR) is 80.1 cm³/mol. The third-order valence-corrected chi connectivity index (χ3v) is 3.28. The van der Waals surface area contributed by atoms with Crippen LogP contribution >= 0.6 is 11.6 Å². The van der Waals surface area contributed by atoms with E-state index in [0.29, 0.717) is 17.3 Å². The number of carbonyl (C=O) groups excluding carboxylic acids is 1. The molecule has 0 aliphatic rings. The molecule has 0 aromatic heterocycles. The third kappa shape index (κ3) is 6.26. The second-order valence-electron chi connectivity index (χ2n) is 5.49. The first-order valence-corrected chi connectivity index (χ1v) is 7.07. The van der Waals surface area contributed by atoms with Crippen molar-refractivity contribution < 1.29 is 14.6 Å². The molecule has 0 saturated carbocycles. The average Bonchev–Trinajstić information content (AvgIpc) is 2.42. The van der Waals surface area contributed by atoms with Crippen molar-refractivity contribution in [1.82, 2.24) is 5.32 Å². The van der Waals surface area contributed by atoms with Gasteiger partial charge in [0, 0.05) is 13.2 Å². The summed E-state index contributed by atoms with van der Waals surface area (Å²) in [4.78, 5) is 11.7. The number of halogens is 1. The van der Waals surface area contributed by atoms with Crippen molar-refractivity contribution in [3.05, 3.63) is 29.3 Å². The molecule has 1 amide bonds. The summed E-state index contributed by atoms with van der Waals surface area (Å²) in [5, 5.41) is 12.1. The predicted octanol–water partition coefficient (Wildman–Crippen LogP) is 2.63. The molecule has 1 aromatic carbocycles. The Hall–Kier alpha value is -1.26. The molecule has 20 heavy (non-hydrogen) atoms. The number of rotatable bonds is 8. The SMILES string of the molecule is CC(C)(CCCO)CNC(=O)COc1ccccc1Cl. The van der Waals surface area contributed by atoms with Crippen LogP contribution in [0.5, 0.6) is 5.75 Å². The highest BCUT2D eigenvalue weighted by atomic mass is 35.5. The van der Waals surface area contributed by atoms with Gasteiger partial charge in [0.1, 0.15) is 5.75 Å². The van der Waals surface area contributed by atoms with E-state index in [1.807, 2.05) is 0 Å². The number of carbonyl (C=O) groups is 1. The lowest BCUT2D eigenvalue weighted by molar-refractivity contribution is -0.123. The van der Waals surface area contributed by atoms with Crippen molar-refractivity contribution in [2.45, 2.75) is 26.7 Å². The van der Waals surface area contributed by atoms with E-state index >= 15 is 0 Å². The molecule has 1 aromatic rings. The minimum absolute atomic E-state index is 0.0389. The molecule has 0 fully saturated rings. The fourth-order valence-corrected chi connectivity index (χ4v) is 1.93. The van der Waals surface area contributed by atoms with E-state index in [4.69, 9.17) is 21.4 Å². The quantitative estimate of drug-likeness (QED) is 0.776. The number of aliphatic hydroxyl groups is 1. The first kappa shape index (κ1) is 16.8. The van der Waals surface area contributed by atoms with Gasteiger partial charge in [-0.15, -0.1) is 0 Å². The van der Waals surface area contributed by atoms with Gasteiger partial charge >= 0.3 is 0 Å². The van der Waals surface area contributed by atoms with Gasteiger partial charge < -0.3 is 15.2 Å². The topological polar surface area (TPSA) is 58.6 Å². The summed E-state index contributed by atoms with van der Waals surface area (Å²) >= 11 is 5.93. The van der Waals surface area contributed by atoms with Crippen LogP contribution in [-0.2, 0) is 4.79 Å². The van der Waals surface area contributed by atoms with Crippen molar-refractivity contribution in [3.8, 4) is 5.75 Å². The van der Waals surface area contributed by atoms with Crippen LogP contribution in [0.2, 0.25) is 5.02 Å². The molecule has 0 radical (unpaired) electrons. The average molecular weight is 300 g/mol. The number of nitrogens with one attached hydrogen (secondary N) is 1. The van der Waals surface area contributed by atoms with Crippen LogP contribution < -0.4 is 10.1 Å². The van der Waals surface area contributed by atoms with E-state index in [-0.39, 0.29) is 24.5 Å². The van der Waals surface area contributed by atoms with Crippen molar-refractivity contribution in [1.29, 1.82) is 0 Å². The number of para-hydroxylation sites is 1. The largest absolute Gasteiger partial charge is 0.482 e. The molecule has 0 unspecified atom stereocenters. The smallest absolute Gasteiger partial charge is 0.257 e. The molecular weight excluding hydrogens is 278 g/mol. The van der Waals surface area contributed by atoms with Gasteiger partial charge in [-0.25, -0.2) is 0 Å². The van der Waals surface area contributed by atoms with Crippen molar-refractivity contribution in [2.75, 3.05) is 19.8 Å². The van der Waals surface area contributed by atoms with Gasteiger partial charge in [-0.3, -0.25) is 4.79 Å². The second-order valence-corrected chi connectivity index (χ2v) is 5.89. The van der Waals surface area contributed by atoms with E-state index in [1.165, 1.54) is 0 Å². The molecule has 112 valence electrons. The first-order valence-electron chi connectivity index (χ1n) is 6.69. The molecule has 0 aliphatic heterocycles. The van der Waals surface area contributed by atoms with Gasteiger partial charge in [-0.05, 0) is 30.4 Å². The summed E-state index contributed by atoms with van der Waals surface area (Å²) in [5.74, 6) is 0.325. The fourth-order valence-electron chi connectivity index (χ4n) is 1.74. The zero-order valence-corrected chi connectivity index (χ0v) is 12.7. The van der Waals surface area contributed by atoms with Crippen LogP contribution in [-0.4, -0.2) is 30.8 Å². The lowest BCUT2D eigenvalue weighted by Gasteiger charge is -2.24. The Morgan fingerprint density at radius 3 is 2.75 bits per heavy atom. The van der Waals surface area contributed by atoms with E-state index in [0.717, 1.165) is 12.8 Å². The standard InChI is InChI=1S/C15H22ClNO3/c1-15(2,8-5-9-18)11-17-14(19)10-20-13-7-4-3-6-12(13)16/h3-4,6-7,18H,5,8-11H2,1-2H3,(H,17,19). The maximum atomic E-state index is 11.7. The number of hydrogen-bond donors (Lipinski definition) is 2. The molecule has 0 atom stereocenters. The van der Waals surface area contributed by atoms with Crippen molar-refractivity contribution in [2.24, 2.45) is 5.41 Å². The molecule has 5 heteroatoms. The maximum absolute atomic E-state index is 11.7. The lowest BCUT2D eigenvalue weighted by Crippen LogP contribution is -2.36. The second kappa shape index (κ2) is 8.12. The number of ether oxygens (including phenoxy) is 1. The van der Waals surface area contributed by atoms with Gasteiger partial charge in [0.15, 0.2) is 6.61 Å². The number of hydrogen-bond acceptors (Lipinski definition) is 3. The molecule has 1 rings (SSSR count). The Bertz CT molecular complexity index is 435. The minimum Gasteiger partial charge on any atom is -0.482 e. The van der Waals surface area contributed by atoms with E-state index in [1.54, 1.807) is 24.3 Å². The molecule has 0 bridgehead atoms. The minimum atomic E-state index is -0.179. The highest BCUT2D eigenvalue weighted by Gasteiger charge is 2.18. The summed E-state index contributed by atoms with van der Waals surface area (Å²) in [6.45, 7) is 4.78. The van der Waals surface area contributed by atoms with Crippen LogP contribution in [0.1, 0.15) is 26.7 Å². The summed E-state index contributed by atoms with van der Waals surface area (Å²) in [6.07, 6.45) is 1.59. The fraction of sp³-hybridized carbons (Fsp3) is 0.533.